The molecule has 0 bridgehead atoms. The first kappa shape index (κ1) is 17.6. The number of sulfonamides is 1. The molecule has 3 N–H and O–H groups in total. The quantitative estimate of drug-likeness (QED) is 0.451. The lowest BCUT2D eigenvalue weighted by molar-refractivity contribution is 0.582. The Morgan fingerprint density at radius 1 is 0.963 bits per heavy atom. The van der Waals surface area contributed by atoms with Crippen molar-refractivity contribution in [1.29, 1.82) is 0 Å². The first-order valence-corrected chi connectivity index (χ1v) is 10.1. The Morgan fingerprint density at radius 2 is 1.70 bits per heavy atom. The van der Waals surface area contributed by atoms with Crippen molar-refractivity contribution in [1.82, 2.24) is 14.7 Å². The first-order chi connectivity index (χ1) is 12.8. The predicted octanol–water partition coefficient (Wildman–Crippen LogP) is 2.05. The Bertz CT molecular complexity index is 1400. The second-order valence-corrected chi connectivity index (χ2v) is 8.77. The van der Waals surface area contributed by atoms with Gasteiger partial charge in [-0.1, -0.05) is 0 Å². The molecule has 0 aliphatic rings. The van der Waals surface area contributed by atoms with E-state index in [2.05, 4.69) is 14.7 Å². The molecule has 0 atom stereocenters. The largest absolute Gasteiger partial charge is 0.316 e. The van der Waals surface area contributed by atoms with Gasteiger partial charge in [0.1, 0.15) is 5.82 Å². The van der Waals surface area contributed by atoms with Gasteiger partial charge in [0, 0.05) is 16.1 Å². The Morgan fingerprint density at radius 3 is 2.48 bits per heavy atom. The summed E-state index contributed by atoms with van der Waals surface area (Å²) < 4.78 is 41.7. The van der Waals surface area contributed by atoms with Crippen molar-refractivity contribution < 1.29 is 12.8 Å². The maximum absolute atomic E-state index is 13.3. The summed E-state index contributed by atoms with van der Waals surface area (Å²) in [4.78, 5) is 28.1. The highest BCUT2D eigenvalue weighted by molar-refractivity contribution is 7.89. The number of aromatic nitrogens is 2. The first-order valence-electron chi connectivity index (χ1n) is 7.76. The SMILES string of the molecule is O=c1[nH]c2ccc(S(=O)(=O)NCc3cc4cc(F)ccc4s3)cc2[nH]c1=O. The summed E-state index contributed by atoms with van der Waals surface area (Å²) in [6.07, 6.45) is 0. The van der Waals surface area contributed by atoms with Gasteiger partial charge in [0.05, 0.1) is 15.9 Å². The lowest BCUT2D eigenvalue weighted by Crippen LogP contribution is -2.29. The topological polar surface area (TPSA) is 112 Å². The minimum atomic E-state index is -3.85. The fourth-order valence-electron chi connectivity index (χ4n) is 2.67. The Kier molecular flexibility index (Phi) is 4.17. The number of hydrogen-bond acceptors (Lipinski definition) is 5. The molecule has 2 aromatic heterocycles. The summed E-state index contributed by atoms with van der Waals surface area (Å²) in [5.41, 5.74) is -1.13. The van der Waals surface area contributed by atoms with E-state index in [1.807, 2.05) is 0 Å². The number of halogens is 1. The highest BCUT2D eigenvalue weighted by Gasteiger charge is 2.16. The normalized spacial score (nSPS) is 12.0. The summed E-state index contributed by atoms with van der Waals surface area (Å²) in [6, 6.07) is 10.1. The van der Waals surface area contributed by atoms with Crippen LogP contribution in [0.3, 0.4) is 0 Å². The van der Waals surface area contributed by atoms with Gasteiger partial charge in [0.15, 0.2) is 0 Å². The fraction of sp³-hybridized carbons (Fsp3) is 0.0588. The summed E-state index contributed by atoms with van der Waals surface area (Å²) >= 11 is 1.37. The number of hydrogen-bond donors (Lipinski definition) is 3. The van der Waals surface area contributed by atoms with E-state index in [0.29, 0.717) is 10.9 Å². The zero-order valence-corrected chi connectivity index (χ0v) is 15.2. The average Bonchev–Trinajstić information content (AvgIpc) is 3.03. The lowest BCUT2D eigenvalue weighted by atomic mass is 10.2. The van der Waals surface area contributed by atoms with Crippen LogP contribution in [-0.2, 0) is 16.6 Å². The van der Waals surface area contributed by atoms with Gasteiger partial charge in [-0.3, -0.25) is 9.59 Å². The van der Waals surface area contributed by atoms with E-state index in [1.54, 1.807) is 12.1 Å². The van der Waals surface area contributed by atoms with Gasteiger partial charge >= 0.3 is 11.1 Å². The van der Waals surface area contributed by atoms with Crippen LogP contribution < -0.4 is 15.8 Å². The van der Waals surface area contributed by atoms with E-state index in [0.717, 1.165) is 9.58 Å². The van der Waals surface area contributed by atoms with Crippen molar-refractivity contribution in [2.45, 2.75) is 11.4 Å². The minimum absolute atomic E-state index is 0.0451. The molecule has 0 saturated carbocycles. The molecule has 138 valence electrons. The molecule has 2 aromatic carbocycles. The fourth-order valence-corrected chi connectivity index (χ4v) is 4.78. The van der Waals surface area contributed by atoms with Gasteiger partial charge in [-0.25, -0.2) is 17.5 Å². The van der Waals surface area contributed by atoms with Gasteiger partial charge in [0.2, 0.25) is 10.0 Å². The molecule has 10 heteroatoms. The number of nitrogens with one attached hydrogen (secondary N) is 3. The molecule has 0 unspecified atom stereocenters. The van der Waals surface area contributed by atoms with Crippen molar-refractivity contribution in [2.75, 3.05) is 0 Å². The van der Waals surface area contributed by atoms with Gasteiger partial charge in [-0.15, -0.1) is 11.3 Å². The average molecular weight is 405 g/mol. The summed E-state index contributed by atoms with van der Waals surface area (Å²) in [6.45, 7) is 0.0451. The second kappa shape index (κ2) is 6.41. The van der Waals surface area contributed by atoms with E-state index < -0.39 is 21.1 Å². The van der Waals surface area contributed by atoms with Gasteiger partial charge in [-0.2, -0.15) is 0 Å². The van der Waals surface area contributed by atoms with Crippen LogP contribution in [-0.4, -0.2) is 18.4 Å². The lowest BCUT2D eigenvalue weighted by Gasteiger charge is -2.06. The molecule has 7 nitrogen and oxygen atoms in total. The molecule has 27 heavy (non-hydrogen) atoms. The summed E-state index contributed by atoms with van der Waals surface area (Å²) in [5, 5.41) is 0.710. The molecular weight excluding hydrogens is 393 g/mol. The maximum atomic E-state index is 13.3. The highest BCUT2D eigenvalue weighted by atomic mass is 32.2. The highest BCUT2D eigenvalue weighted by Crippen LogP contribution is 2.26. The van der Waals surface area contributed by atoms with Crippen LogP contribution in [0.15, 0.2) is 56.9 Å². The zero-order chi connectivity index (χ0) is 19.2. The number of fused-ring (bicyclic) bond motifs is 2. The van der Waals surface area contributed by atoms with Crippen LogP contribution in [0.25, 0.3) is 21.1 Å². The molecule has 2 heterocycles. The molecule has 0 aliphatic carbocycles. The smallest absolute Gasteiger partial charge is 0.314 e. The molecule has 0 spiro atoms. The third-order valence-corrected chi connectivity index (χ3v) is 6.48. The zero-order valence-electron chi connectivity index (χ0n) is 13.6. The Hall–Kier alpha value is -2.82. The van der Waals surface area contributed by atoms with Gasteiger partial charge < -0.3 is 9.97 Å². The molecule has 0 aliphatic heterocycles. The van der Waals surface area contributed by atoms with E-state index >= 15 is 0 Å². The van der Waals surface area contributed by atoms with Crippen molar-refractivity contribution in [3.8, 4) is 0 Å². The number of aromatic amines is 2. The van der Waals surface area contributed by atoms with Crippen LogP contribution in [0.1, 0.15) is 4.88 Å². The van der Waals surface area contributed by atoms with Crippen LogP contribution in [0.4, 0.5) is 4.39 Å². The number of rotatable bonds is 4. The molecule has 0 amide bonds. The van der Waals surface area contributed by atoms with Crippen LogP contribution in [0, 0.1) is 5.82 Å². The molecule has 4 aromatic rings. The third-order valence-electron chi connectivity index (χ3n) is 3.97. The Labute approximate surface area is 155 Å². The van der Waals surface area contributed by atoms with Gasteiger partial charge in [-0.05, 0) is 47.9 Å². The molecule has 4 rings (SSSR count). The second-order valence-electron chi connectivity index (χ2n) is 5.84. The Balaban J connectivity index is 1.62. The molecular formula is C17H12FN3O4S2. The van der Waals surface area contributed by atoms with Crippen molar-refractivity contribution in [3.05, 3.63) is 73.9 Å². The molecule has 0 fully saturated rings. The molecule has 0 radical (unpaired) electrons. The van der Waals surface area contributed by atoms with Crippen molar-refractivity contribution >= 4 is 42.5 Å². The minimum Gasteiger partial charge on any atom is -0.316 e. The number of H-pyrrole nitrogens is 2. The standard InChI is InChI=1S/C17H12FN3O4S2/c18-10-1-4-15-9(5-10)6-11(26-15)8-19-27(24,25)12-2-3-13-14(7-12)21-17(23)16(22)20-13/h1-7,19H,8H2,(H,20,22)(H,21,23). The summed E-state index contributed by atoms with van der Waals surface area (Å²) in [5.74, 6) is -0.351. The summed E-state index contributed by atoms with van der Waals surface area (Å²) in [7, 11) is -3.85. The van der Waals surface area contributed by atoms with E-state index in [-0.39, 0.29) is 22.8 Å². The number of benzene rings is 2. The number of thiophene rings is 1. The molecule has 0 saturated heterocycles. The monoisotopic (exact) mass is 405 g/mol. The van der Waals surface area contributed by atoms with Crippen molar-refractivity contribution in [2.24, 2.45) is 0 Å². The van der Waals surface area contributed by atoms with E-state index in [1.165, 1.54) is 41.7 Å². The predicted molar refractivity (Wildman–Crippen MR) is 101 cm³/mol. The van der Waals surface area contributed by atoms with Crippen LogP contribution >= 0.6 is 11.3 Å². The van der Waals surface area contributed by atoms with Crippen LogP contribution in [0.5, 0.6) is 0 Å². The van der Waals surface area contributed by atoms with Gasteiger partial charge in [0.25, 0.3) is 0 Å². The van der Waals surface area contributed by atoms with Crippen LogP contribution in [0.2, 0.25) is 0 Å². The third kappa shape index (κ3) is 3.42. The van der Waals surface area contributed by atoms with Crippen molar-refractivity contribution in [3.63, 3.8) is 0 Å². The van der Waals surface area contributed by atoms with E-state index in [9.17, 15) is 22.4 Å². The van der Waals surface area contributed by atoms with E-state index in [4.69, 9.17) is 0 Å². The maximum Gasteiger partial charge on any atom is 0.314 e.